The summed E-state index contributed by atoms with van der Waals surface area (Å²) in [5, 5.41) is 9.52. The lowest BCUT2D eigenvalue weighted by molar-refractivity contribution is 0.194. The first-order valence-corrected chi connectivity index (χ1v) is 5.59. The molecular weight excluding hydrogens is 257 g/mol. The van der Waals surface area contributed by atoms with Crippen LogP contribution in [0.5, 0.6) is 11.5 Å². The van der Waals surface area contributed by atoms with Gasteiger partial charge in [-0.3, -0.25) is 0 Å². The average molecular weight is 268 g/mol. The highest BCUT2D eigenvalue weighted by molar-refractivity contribution is 5.40. The Labute approximate surface area is 108 Å². The van der Waals surface area contributed by atoms with E-state index in [1.54, 1.807) is 0 Å². The zero-order chi connectivity index (χ0) is 14.0. The number of rotatable bonds is 3. The van der Waals surface area contributed by atoms with Gasteiger partial charge in [-0.2, -0.15) is 4.39 Å². The molecule has 2 nitrogen and oxygen atoms in total. The highest BCUT2D eigenvalue weighted by Gasteiger charge is 2.17. The van der Waals surface area contributed by atoms with Gasteiger partial charge in [-0.15, -0.1) is 0 Å². The van der Waals surface area contributed by atoms with E-state index in [-0.39, 0.29) is 11.3 Å². The molecule has 0 aliphatic heterocycles. The molecule has 0 heterocycles. The number of benzene rings is 2. The van der Waals surface area contributed by atoms with Crippen LogP contribution in [0.2, 0.25) is 0 Å². The number of hydrogen-bond donors (Lipinski definition) is 1. The number of aliphatic hydroxyl groups is 1. The summed E-state index contributed by atoms with van der Waals surface area (Å²) < 4.78 is 45.2. The molecule has 2 rings (SSSR count). The van der Waals surface area contributed by atoms with Crippen molar-refractivity contribution in [2.45, 2.75) is 13.0 Å². The fraction of sp³-hybridized carbons (Fsp3) is 0.143. The lowest BCUT2D eigenvalue weighted by atomic mass is 10.1. The molecule has 0 unspecified atom stereocenters. The third-order valence-corrected chi connectivity index (χ3v) is 2.58. The maximum absolute atomic E-state index is 13.7. The molecule has 0 aliphatic carbocycles. The predicted octanol–water partition coefficient (Wildman–Crippen LogP) is 3.95. The summed E-state index contributed by atoms with van der Waals surface area (Å²) >= 11 is 0. The number of hydrogen-bond acceptors (Lipinski definition) is 2. The standard InChI is InChI=1S/C14H11F3O2/c1-8(18)9-4-2-6-11(16)14(9)19-12-7-3-5-10(15)13(12)17/h2-8,18H,1H3/t8-/m1/s1. The smallest absolute Gasteiger partial charge is 0.201 e. The molecule has 19 heavy (non-hydrogen) atoms. The summed E-state index contributed by atoms with van der Waals surface area (Å²) in [7, 11) is 0. The Bertz CT molecular complexity index is 597. The van der Waals surface area contributed by atoms with Gasteiger partial charge in [0.15, 0.2) is 23.1 Å². The van der Waals surface area contributed by atoms with E-state index in [2.05, 4.69) is 0 Å². The van der Waals surface area contributed by atoms with Crippen molar-refractivity contribution in [2.24, 2.45) is 0 Å². The van der Waals surface area contributed by atoms with Crippen molar-refractivity contribution >= 4 is 0 Å². The van der Waals surface area contributed by atoms with Crippen LogP contribution >= 0.6 is 0 Å². The monoisotopic (exact) mass is 268 g/mol. The highest BCUT2D eigenvalue weighted by atomic mass is 19.2. The number of para-hydroxylation sites is 1. The largest absolute Gasteiger partial charge is 0.451 e. The van der Waals surface area contributed by atoms with Gasteiger partial charge in [0, 0.05) is 5.56 Å². The Morgan fingerprint density at radius 3 is 2.32 bits per heavy atom. The molecular formula is C14H11F3O2. The maximum Gasteiger partial charge on any atom is 0.201 e. The topological polar surface area (TPSA) is 29.5 Å². The molecule has 0 amide bonds. The van der Waals surface area contributed by atoms with Crippen LogP contribution < -0.4 is 4.74 Å². The van der Waals surface area contributed by atoms with Crippen LogP contribution in [0, 0.1) is 17.5 Å². The molecule has 2 aromatic carbocycles. The zero-order valence-electron chi connectivity index (χ0n) is 10.0. The van der Waals surface area contributed by atoms with Crippen LogP contribution in [-0.2, 0) is 0 Å². The fourth-order valence-electron chi connectivity index (χ4n) is 1.63. The van der Waals surface area contributed by atoms with Crippen molar-refractivity contribution < 1.29 is 23.0 Å². The van der Waals surface area contributed by atoms with Crippen molar-refractivity contribution in [1.29, 1.82) is 0 Å². The van der Waals surface area contributed by atoms with Gasteiger partial charge in [0.2, 0.25) is 5.82 Å². The Morgan fingerprint density at radius 1 is 1.00 bits per heavy atom. The second-order valence-electron chi connectivity index (χ2n) is 3.99. The van der Waals surface area contributed by atoms with Crippen LogP contribution in [0.3, 0.4) is 0 Å². The van der Waals surface area contributed by atoms with E-state index in [9.17, 15) is 18.3 Å². The van der Waals surface area contributed by atoms with Crippen LogP contribution in [0.4, 0.5) is 13.2 Å². The molecule has 2 aromatic rings. The van der Waals surface area contributed by atoms with Gasteiger partial charge < -0.3 is 9.84 Å². The molecule has 0 spiro atoms. The SMILES string of the molecule is C[C@@H](O)c1cccc(F)c1Oc1cccc(F)c1F. The van der Waals surface area contributed by atoms with Gasteiger partial charge in [-0.05, 0) is 25.1 Å². The molecule has 100 valence electrons. The normalized spacial score (nSPS) is 12.3. The van der Waals surface area contributed by atoms with E-state index in [1.807, 2.05) is 0 Å². The molecule has 1 N–H and O–H groups in total. The summed E-state index contributed by atoms with van der Waals surface area (Å²) in [4.78, 5) is 0. The van der Waals surface area contributed by atoms with Crippen LogP contribution in [0.15, 0.2) is 36.4 Å². The van der Waals surface area contributed by atoms with Crippen LogP contribution in [0.25, 0.3) is 0 Å². The molecule has 0 radical (unpaired) electrons. The zero-order valence-corrected chi connectivity index (χ0v) is 10.0. The second-order valence-corrected chi connectivity index (χ2v) is 3.99. The van der Waals surface area contributed by atoms with Gasteiger partial charge >= 0.3 is 0 Å². The first-order valence-electron chi connectivity index (χ1n) is 5.59. The molecule has 0 aliphatic rings. The van der Waals surface area contributed by atoms with Crippen LogP contribution in [0.1, 0.15) is 18.6 Å². The summed E-state index contributed by atoms with van der Waals surface area (Å²) in [6.07, 6.45) is -0.998. The Kier molecular flexibility index (Phi) is 3.76. The minimum Gasteiger partial charge on any atom is -0.451 e. The Hall–Kier alpha value is -2.01. The number of aliphatic hydroxyl groups excluding tert-OH is 1. The molecule has 1 atom stereocenters. The lowest BCUT2D eigenvalue weighted by Crippen LogP contribution is -2.00. The van der Waals surface area contributed by atoms with E-state index in [0.717, 1.165) is 12.1 Å². The maximum atomic E-state index is 13.7. The minimum atomic E-state index is -1.21. The molecule has 0 saturated carbocycles. The van der Waals surface area contributed by atoms with Gasteiger partial charge in [0.05, 0.1) is 6.10 Å². The van der Waals surface area contributed by atoms with Crippen molar-refractivity contribution in [2.75, 3.05) is 0 Å². The predicted molar refractivity (Wildman–Crippen MR) is 63.5 cm³/mol. The quantitative estimate of drug-likeness (QED) is 0.913. The fourth-order valence-corrected chi connectivity index (χ4v) is 1.63. The van der Waals surface area contributed by atoms with E-state index in [1.165, 1.54) is 31.2 Å². The molecule has 0 bridgehead atoms. The summed E-state index contributed by atoms with van der Waals surface area (Å²) in [5.74, 6) is -3.81. The van der Waals surface area contributed by atoms with Crippen molar-refractivity contribution in [3.05, 3.63) is 59.4 Å². The van der Waals surface area contributed by atoms with E-state index >= 15 is 0 Å². The third-order valence-electron chi connectivity index (χ3n) is 2.58. The van der Waals surface area contributed by atoms with Crippen molar-refractivity contribution in [1.82, 2.24) is 0 Å². The minimum absolute atomic E-state index is 0.156. The average Bonchev–Trinajstić information content (AvgIpc) is 2.36. The van der Waals surface area contributed by atoms with E-state index in [4.69, 9.17) is 4.74 Å². The van der Waals surface area contributed by atoms with Gasteiger partial charge in [-0.25, -0.2) is 8.78 Å². The van der Waals surface area contributed by atoms with E-state index in [0.29, 0.717) is 0 Å². The van der Waals surface area contributed by atoms with Crippen LogP contribution in [-0.4, -0.2) is 5.11 Å². The first-order chi connectivity index (χ1) is 9.00. The molecule has 0 fully saturated rings. The second kappa shape index (κ2) is 5.32. The van der Waals surface area contributed by atoms with Gasteiger partial charge in [0.25, 0.3) is 0 Å². The Morgan fingerprint density at radius 2 is 1.63 bits per heavy atom. The summed E-state index contributed by atoms with van der Waals surface area (Å²) in [6, 6.07) is 7.30. The highest BCUT2D eigenvalue weighted by Crippen LogP contribution is 2.33. The van der Waals surface area contributed by atoms with Gasteiger partial charge in [-0.1, -0.05) is 18.2 Å². The number of halogens is 3. The third kappa shape index (κ3) is 2.71. The molecule has 5 heteroatoms. The van der Waals surface area contributed by atoms with Crippen molar-refractivity contribution in [3.63, 3.8) is 0 Å². The summed E-state index contributed by atoms with van der Waals surface area (Å²) in [5.41, 5.74) is 0.156. The molecule has 0 saturated heterocycles. The Balaban J connectivity index is 2.46. The first kappa shape index (κ1) is 13.4. The van der Waals surface area contributed by atoms with Gasteiger partial charge in [0.1, 0.15) is 0 Å². The molecule has 0 aromatic heterocycles. The summed E-state index contributed by atoms with van der Waals surface area (Å²) in [6.45, 7) is 1.42. The van der Waals surface area contributed by atoms with Crippen molar-refractivity contribution in [3.8, 4) is 11.5 Å². The lowest BCUT2D eigenvalue weighted by Gasteiger charge is -2.14. The number of ether oxygens (including phenoxy) is 1. The van der Waals surface area contributed by atoms with E-state index < -0.39 is 29.3 Å².